The molecule has 1 spiro atoms. The first-order chi connectivity index (χ1) is 7.28. The van der Waals surface area contributed by atoms with E-state index >= 15 is 0 Å². The van der Waals surface area contributed by atoms with E-state index in [1.165, 1.54) is 12.8 Å². The summed E-state index contributed by atoms with van der Waals surface area (Å²) in [6, 6.07) is 0.459. The third-order valence-corrected chi connectivity index (χ3v) is 4.21. The summed E-state index contributed by atoms with van der Waals surface area (Å²) in [5.74, 6) is 2.98. The van der Waals surface area contributed by atoms with E-state index in [1.54, 1.807) is 0 Å². The highest BCUT2D eigenvalue weighted by Gasteiger charge is 2.46. The second kappa shape index (κ2) is 3.40. The molecule has 3 aliphatic rings. The minimum atomic E-state index is -0.334. The molecule has 82 valence electrons. The van der Waals surface area contributed by atoms with Crippen LogP contribution >= 0.6 is 11.8 Å². The van der Waals surface area contributed by atoms with Gasteiger partial charge in [0.25, 0.3) is 5.91 Å². The molecule has 1 aliphatic carbocycles. The average molecular weight is 225 g/mol. The number of carbonyl (C=O) groups excluding carboxylic acids is 1. The van der Waals surface area contributed by atoms with E-state index in [4.69, 9.17) is 0 Å². The van der Waals surface area contributed by atoms with Crippen LogP contribution in [0.5, 0.6) is 0 Å². The Morgan fingerprint density at radius 3 is 2.73 bits per heavy atom. The van der Waals surface area contributed by atoms with Crippen LogP contribution in [-0.2, 0) is 4.79 Å². The summed E-state index contributed by atoms with van der Waals surface area (Å²) in [6.07, 6.45) is 4.19. The standard InChI is InChI=1S/C10H15N3OS/c14-8-10(3-5-15-6-4-10)13-9(12-8)11-7-1-2-7/h7H,1-6H2,(H2,11,12,13,14). The second-order valence-corrected chi connectivity index (χ2v) is 5.71. The highest BCUT2D eigenvalue weighted by molar-refractivity contribution is 7.99. The van der Waals surface area contributed by atoms with Crippen molar-refractivity contribution in [3.05, 3.63) is 0 Å². The predicted octanol–water partition coefficient (Wildman–Crippen LogP) is 0.490. The van der Waals surface area contributed by atoms with Crippen molar-refractivity contribution in [3.8, 4) is 0 Å². The van der Waals surface area contributed by atoms with Crippen molar-refractivity contribution in [2.75, 3.05) is 11.5 Å². The fraction of sp³-hybridized carbons (Fsp3) is 0.800. The Kier molecular flexibility index (Phi) is 2.16. The maximum absolute atomic E-state index is 11.9. The molecule has 0 atom stereocenters. The molecular formula is C10H15N3OS. The number of carbonyl (C=O) groups is 1. The summed E-state index contributed by atoms with van der Waals surface area (Å²) in [6.45, 7) is 0. The first-order valence-corrected chi connectivity index (χ1v) is 6.69. The van der Waals surface area contributed by atoms with Gasteiger partial charge in [-0.3, -0.25) is 10.1 Å². The summed E-state index contributed by atoms with van der Waals surface area (Å²) >= 11 is 1.93. The number of nitrogens with zero attached hydrogens (tertiary/aromatic N) is 1. The van der Waals surface area contributed by atoms with Crippen molar-refractivity contribution < 1.29 is 4.79 Å². The summed E-state index contributed by atoms with van der Waals surface area (Å²) in [7, 11) is 0. The van der Waals surface area contributed by atoms with E-state index in [1.807, 2.05) is 11.8 Å². The van der Waals surface area contributed by atoms with Gasteiger partial charge in [0.2, 0.25) is 0 Å². The van der Waals surface area contributed by atoms with Crippen molar-refractivity contribution >= 4 is 23.6 Å². The molecular weight excluding hydrogens is 210 g/mol. The Balaban J connectivity index is 1.76. The van der Waals surface area contributed by atoms with Gasteiger partial charge in [-0.15, -0.1) is 0 Å². The Labute approximate surface area is 93.3 Å². The zero-order valence-corrected chi connectivity index (χ0v) is 9.40. The van der Waals surface area contributed by atoms with E-state index in [-0.39, 0.29) is 11.4 Å². The molecule has 2 saturated heterocycles. The monoisotopic (exact) mass is 225 g/mol. The van der Waals surface area contributed by atoms with Crippen LogP contribution in [0.4, 0.5) is 0 Å². The van der Waals surface area contributed by atoms with Gasteiger partial charge in [-0.1, -0.05) is 0 Å². The maximum Gasteiger partial charge on any atom is 0.252 e. The van der Waals surface area contributed by atoms with Gasteiger partial charge in [0.15, 0.2) is 5.96 Å². The Morgan fingerprint density at radius 2 is 2.07 bits per heavy atom. The van der Waals surface area contributed by atoms with Gasteiger partial charge in [-0.25, -0.2) is 4.99 Å². The van der Waals surface area contributed by atoms with Crippen molar-refractivity contribution in [2.24, 2.45) is 4.99 Å². The molecule has 5 heteroatoms. The van der Waals surface area contributed by atoms with E-state index < -0.39 is 0 Å². The number of rotatable bonds is 1. The van der Waals surface area contributed by atoms with Crippen LogP contribution < -0.4 is 10.6 Å². The first-order valence-electron chi connectivity index (χ1n) is 5.54. The molecule has 2 heterocycles. The molecule has 1 amide bonds. The quantitative estimate of drug-likeness (QED) is 0.683. The number of nitrogens with one attached hydrogen (secondary N) is 2. The highest BCUT2D eigenvalue weighted by Crippen LogP contribution is 2.30. The van der Waals surface area contributed by atoms with E-state index in [9.17, 15) is 4.79 Å². The summed E-state index contributed by atoms with van der Waals surface area (Å²) < 4.78 is 0. The lowest BCUT2D eigenvalue weighted by molar-refractivity contribution is -0.124. The molecule has 2 aliphatic heterocycles. The number of hydrogen-bond acceptors (Lipinski definition) is 3. The van der Waals surface area contributed by atoms with Crippen LogP contribution in [0.15, 0.2) is 4.99 Å². The first kappa shape index (κ1) is 9.51. The van der Waals surface area contributed by atoms with Crippen LogP contribution in [0.2, 0.25) is 0 Å². The third kappa shape index (κ3) is 1.73. The molecule has 0 bridgehead atoms. The molecule has 0 aromatic carbocycles. The number of hydrogen-bond donors (Lipinski definition) is 2. The summed E-state index contributed by atoms with van der Waals surface area (Å²) in [5, 5.41) is 6.18. The third-order valence-electron chi connectivity index (χ3n) is 3.23. The minimum Gasteiger partial charge on any atom is -0.342 e. The van der Waals surface area contributed by atoms with Gasteiger partial charge in [0, 0.05) is 0 Å². The molecule has 3 fully saturated rings. The summed E-state index contributed by atoms with van der Waals surface area (Å²) in [5.41, 5.74) is -0.334. The van der Waals surface area contributed by atoms with Gasteiger partial charge >= 0.3 is 0 Å². The second-order valence-electron chi connectivity index (χ2n) is 4.48. The van der Waals surface area contributed by atoms with E-state index in [0.29, 0.717) is 6.04 Å². The van der Waals surface area contributed by atoms with Crippen LogP contribution in [0.3, 0.4) is 0 Å². The fourth-order valence-electron chi connectivity index (χ4n) is 2.06. The van der Waals surface area contributed by atoms with Crippen LogP contribution in [0.25, 0.3) is 0 Å². The van der Waals surface area contributed by atoms with Crippen molar-refractivity contribution in [1.29, 1.82) is 0 Å². The molecule has 0 radical (unpaired) electrons. The number of guanidine groups is 1. The molecule has 0 aromatic heterocycles. The van der Waals surface area contributed by atoms with Gasteiger partial charge in [-0.2, -0.15) is 11.8 Å². The highest BCUT2D eigenvalue weighted by atomic mass is 32.2. The Hall–Kier alpha value is -0.710. The number of aliphatic imine (C=N–C) groups is 1. The number of amides is 1. The van der Waals surface area contributed by atoms with E-state index in [2.05, 4.69) is 15.6 Å². The largest absolute Gasteiger partial charge is 0.342 e. The molecule has 0 unspecified atom stereocenters. The lowest BCUT2D eigenvalue weighted by Gasteiger charge is -2.29. The number of thioether (sulfide) groups is 1. The Bertz CT molecular complexity index is 319. The normalized spacial score (nSPS) is 31.7. The van der Waals surface area contributed by atoms with Gasteiger partial charge in [0.1, 0.15) is 5.54 Å². The van der Waals surface area contributed by atoms with Gasteiger partial charge in [-0.05, 0) is 37.2 Å². The molecule has 1 saturated carbocycles. The maximum atomic E-state index is 11.9. The van der Waals surface area contributed by atoms with Crippen LogP contribution in [0.1, 0.15) is 25.7 Å². The fourth-order valence-corrected chi connectivity index (χ4v) is 3.25. The topological polar surface area (TPSA) is 53.5 Å². The van der Waals surface area contributed by atoms with Crippen LogP contribution in [-0.4, -0.2) is 35.0 Å². The van der Waals surface area contributed by atoms with E-state index in [0.717, 1.165) is 30.3 Å². The predicted molar refractivity (Wildman–Crippen MR) is 61.0 cm³/mol. The van der Waals surface area contributed by atoms with Crippen molar-refractivity contribution in [3.63, 3.8) is 0 Å². The smallest absolute Gasteiger partial charge is 0.252 e. The van der Waals surface area contributed by atoms with Crippen molar-refractivity contribution in [1.82, 2.24) is 10.6 Å². The van der Waals surface area contributed by atoms with Gasteiger partial charge < -0.3 is 5.32 Å². The molecule has 2 N–H and O–H groups in total. The van der Waals surface area contributed by atoms with Crippen molar-refractivity contribution in [2.45, 2.75) is 37.3 Å². The molecule has 4 nitrogen and oxygen atoms in total. The van der Waals surface area contributed by atoms with Crippen LogP contribution in [0, 0.1) is 0 Å². The Morgan fingerprint density at radius 1 is 1.33 bits per heavy atom. The average Bonchev–Trinajstić information content (AvgIpc) is 2.98. The lowest BCUT2D eigenvalue weighted by atomic mass is 9.93. The molecule has 0 aromatic rings. The lowest BCUT2D eigenvalue weighted by Crippen LogP contribution is -2.49. The zero-order chi connectivity index (χ0) is 10.3. The van der Waals surface area contributed by atoms with Gasteiger partial charge in [0.05, 0.1) is 6.04 Å². The minimum absolute atomic E-state index is 0.127. The molecule has 15 heavy (non-hydrogen) atoms. The molecule has 3 rings (SSSR count). The SMILES string of the molecule is O=C1NC(=NC2CC2)NC12CCSCC2. The zero-order valence-electron chi connectivity index (χ0n) is 8.58. The summed E-state index contributed by atoms with van der Waals surface area (Å²) in [4.78, 5) is 16.4.